The summed E-state index contributed by atoms with van der Waals surface area (Å²) >= 11 is 6.27. The summed E-state index contributed by atoms with van der Waals surface area (Å²) in [6, 6.07) is 12.0. The monoisotopic (exact) mass is 288 g/mol. The lowest BCUT2D eigenvalue weighted by molar-refractivity contribution is 0.220. The van der Waals surface area contributed by atoms with Gasteiger partial charge in [-0.1, -0.05) is 55.8 Å². The van der Waals surface area contributed by atoms with E-state index in [-0.39, 0.29) is 0 Å². The Morgan fingerprint density at radius 2 is 1.40 bits per heavy atom. The Hall–Kier alpha value is -1.31. The lowest BCUT2D eigenvalue weighted by Crippen LogP contribution is -2.02. The molecule has 106 valence electrons. The molecule has 2 aromatic rings. The molecule has 2 heteroatoms. The second-order valence-corrected chi connectivity index (χ2v) is 6.09. The number of hydrogen-bond donors (Lipinski definition) is 1. The Morgan fingerprint density at radius 3 is 1.95 bits per heavy atom. The predicted molar refractivity (Wildman–Crippen MR) is 85.5 cm³/mol. The molecule has 0 fully saturated rings. The van der Waals surface area contributed by atoms with E-state index >= 15 is 0 Å². The van der Waals surface area contributed by atoms with Crippen LogP contribution in [0.4, 0.5) is 0 Å². The fourth-order valence-corrected chi connectivity index (χ4v) is 2.58. The molecular formula is C18H21ClO. The van der Waals surface area contributed by atoms with Crippen LogP contribution >= 0.6 is 11.6 Å². The third kappa shape index (κ3) is 3.05. The first-order valence-electron chi connectivity index (χ1n) is 6.94. The number of aliphatic hydroxyl groups is 1. The predicted octanol–water partition coefficient (Wildman–Crippen LogP) is 5.16. The normalized spacial score (nSPS) is 12.8. The van der Waals surface area contributed by atoms with Crippen molar-refractivity contribution in [3.63, 3.8) is 0 Å². The van der Waals surface area contributed by atoms with Gasteiger partial charge < -0.3 is 5.11 Å². The molecule has 2 aromatic carbocycles. The van der Waals surface area contributed by atoms with Crippen molar-refractivity contribution in [2.24, 2.45) is 0 Å². The second kappa shape index (κ2) is 5.99. The number of halogens is 1. The molecular weight excluding hydrogens is 268 g/mol. The Kier molecular flexibility index (Phi) is 4.52. The average Bonchev–Trinajstić information content (AvgIpc) is 2.42. The molecule has 0 aliphatic carbocycles. The van der Waals surface area contributed by atoms with Gasteiger partial charge in [0.05, 0.1) is 0 Å². The molecule has 0 saturated heterocycles. The van der Waals surface area contributed by atoms with E-state index < -0.39 is 6.10 Å². The van der Waals surface area contributed by atoms with Gasteiger partial charge in [0.1, 0.15) is 6.10 Å². The molecule has 0 heterocycles. The maximum absolute atomic E-state index is 10.5. The van der Waals surface area contributed by atoms with Crippen molar-refractivity contribution in [3.8, 4) is 0 Å². The highest BCUT2D eigenvalue weighted by atomic mass is 35.5. The van der Waals surface area contributed by atoms with E-state index in [4.69, 9.17) is 11.6 Å². The standard InChI is InChI=1S/C18H21ClO/c1-11(2)14-5-7-15(8-6-14)18(20)16-9-12(3)13(4)10-17(16)19/h5-11,18,20H,1-4H3. The SMILES string of the molecule is Cc1cc(Cl)c(C(O)c2ccc(C(C)C)cc2)cc1C. The van der Waals surface area contributed by atoms with Crippen LogP contribution in [0.3, 0.4) is 0 Å². The molecule has 1 unspecified atom stereocenters. The fourth-order valence-electron chi connectivity index (χ4n) is 2.26. The molecule has 20 heavy (non-hydrogen) atoms. The Morgan fingerprint density at radius 1 is 0.900 bits per heavy atom. The van der Waals surface area contributed by atoms with Crippen LogP contribution in [0.15, 0.2) is 36.4 Å². The first kappa shape index (κ1) is 15.1. The van der Waals surface area contributed by atoms with E-state index in [1.165, 1.54) is 5.56 Å². The molecule has 0 aromatic heterocycles. The van der Waals surface area contributed by atoms with Crippen LogP contribution in [0.5, 0.6) is 0 Å². The van der Waals surface area contributed by atoms with Crippen molar-refractivity contribution in [1.82, 2.24) is 0 Å². The van der Waals surface area contributed by atoms with Crippen LogP contribution in [-0.4, -0.2) is 5.11 Å². The first-order chi connectivity index (χ1) is 9.40. The van der Waals surface area contributed by atoms with Crippen LogP contribution in [0, 0.1) is 13.8 Å². The number of hydrogen-bond acceptors (Lipinski definition) is 1. The van der Waals surface area contributed by atoms with Crippen molar-refractivity contribution in [2.45, 2.75) is 39.7 Å². The molecule has 0 saturated carbocycles. The molecule has 0 spiro atoms. The summed E-state index contributed by atoms with van der Waals surface area (Å²) in [5, 5.41) is 11.2. The third-order valence-electron chi connectivity index (χ3n) is 3.83. The number of rotatable bonds is 3. The zero-order valence-corrected chi connectivity index (χ0v) is 13.2. The van der Waals surface area contributed by atoms with E-state index in [1.54, 1.807) is 0 Å². The summed E-state index contributed by atoms with van der Waals surface area (Å²) in [6.07, 6.45) is -0.678. The van der Waals surface area contributed by atoms with Crippen LogP contribution in [0.1, 0.15) is 53.7 Å². The van der Waals surface area contributed by atoms with Crippen LogP contribution in [0.25, 0.3) is 0 Å². The fraction of sp³-hybridized carbons (Fsp3) is 0.333. The Labute approximate surface area is 126 Å². The van der Waals surface area contributed by atoms with E-state index in [0.29, 0.717) is 10.9 Å². The summed E-state index contributed by atoms with van der Waals surface area (Å²) in [7, 11) is 0. The molecule has 1 N–H and O–H groups in total. The maximum atomic E-state index is 10.5. The molecule has 0 radical (unpaired) electrons. The summed E-state index contributed by atoms with van der Waals surface area (Å²) in [5.74, 6) is 0.492. The zero-order valence-electron chi connectivity index (χ0n) is 12.4. The van der Waals surface area contributed by atoms with Gasteiger partial charge in [-0.2, -0.15) is 0 Å². The van der Waals surface area contributed by atoms with E-state index in [9.17, 15) is 5.11 Å². The van der Waals surface area contributed by atoms with E-state index in [1.807, 2.05) is 38.1 Å². The smallest absolute Gasteiger partial charge is 0.105 e. The van der Waals surface area contributed by atoms with Crippen LogP contribution < -0.4 is 0 Å². The average molecular weight is 289 g/mol. The maximum Gasteiger partial charge on any atom is 0.105 e. The first-order valence-corrected chi connectivity index (χ1v) is 7.32. The lowest BCUT2D eigenvalue weighted by atomic mass is 9.95. The van der Waals surface area contributed by atoms with Gasteiger partial charge in [0, 0.05) is 10.6 Å². The van der Waals surface area contributed by atoms with Gasteiger partial charge in [-0.15, -0.1) is 0 Å². The third-order valence-corrected chi connectivity index (χ3v) is 4.15. The van der Waals surface area contributed by atoms with Gasteiger partial charge in [0.2, 0.25) is 0 Å². The van der Waals surface area contributed by atoms with Crippen LogP contribution in [0.2, 0.25) is 5.02 Å². The molecule has 1 nitrogen and oxygen atoms in total. The number of benzene rings is 2. The molecule has 0 bridgehead atoms. The topological polar surface area (TPSA) is 20.2 Å². The molecule has 0 amide bonds. The van der Waals surface area contributed by atoms with Gasteiger partial charge in [-0.3, -0.25) is 0 Å². The summed E-state index contributed by atoms with van der Waals surface area (Å²) in [5.41, 5.74) is 5.20. The minimum atomic E-state index is -0.678. The molecule has 1 atom stereocenters. The molecule has 0 aliphatic heterocycles. The van der Waals surface area contributed by atoms with Gasteiger partial charge in [0.25, 0.3) is 0 Å². The van der Waals surface area contributed by atoms with Crippen molar-refractivity contribution < 1.29 is 5.11 Å². The second-order valence-electron chi connectivity index (χ2n) is 5.68. The van der Waals surface area contributed by atoms with E-state index in [0.717, 1.165) is 22.3 Å². The minimum absolute atomic E-state index is 0.492. The van der Waals surface area contributed by atoms with E-state index in [2.05, 4.69) is 26.0 Å². The highest BCUT2D eigenvalue weighted by molar-refractivity contribution is 6.31. The number of aliphatic hydroxyl groups excluding tert-OH is 1. The summed E-state index contributed by atoms with van der Waals surface area (Å²) in [6.45, 7) is 8.37. The highest BCUT2D eigenvalue weighted by Gasteiger charge is 2.15. The van der Waals surface area contributed by atoms with Crippen molar-refractivity contribution >= 4 is 11.6 Å². The van der Waals surface area contributed by atoms with Crippen LogP contribution in [-0.2, 0) is 0 Å². The zero-order chi connectivity index (χ0) is 14.9. The van der Waals surface area contributed by atoms with Gasteiger partial charge in [-0.25, -0.2) is 0 Å². The Balaban J connectivity index is 2.36. The summed E-state index contributed by atoms with van der Waals surface area (Å²) < 4.78 is 0. The van der Waals surface area contributed by atoms with Crippen molar-refractivity contribution in [2.75, 3.05) is 0 Å². The highest BCUT2D eigenvalue weighted by Crippen LogP contribution is 2.31. The van der Waals surface area contributed by atoms with Gasteiger partial charge in [-0.05, 0) is 48.1 Å². The van der Waals surface area contributed by atoms with Gasteiger partial charge in [0.15, 0.2) is 0 Å². The Bertz CT molecular complexity index is 600. The lowest BCUT2D eigenvalue weighted by Gasteiger charge is -2.16. The quantitative estimate of drug-likeness (QED) is 0.827. The van der Waals surface area contributed by atoms with Crippen molar-refractivity contribution in [1.29, 1.82) is 0 Å². The molecule has 0 aliphatic rings. The number of aryl methyl sites for hydroxylation is 2. The summed E-state index contributed by atoms with van der Waals surface area (Å²) in [4.78, 5) is 0. The van der Waals surface area contributed by atoms with Crippen molar-refractivity contribution in [3.05, 3.63) is 69.2 Å². The molecule has 2 rings (SSSR count). The minimum Gasteiger partial charge on any atom is -0.384 e. The largest absolute Gasteiger partial charge is 0.384 e. The van der Waals surface area contributed by atoms with Gasteiger partial charge >= 0.3 is 0 Å².